The van der Waals surface area contributed by atoms with E-state index < -0.39 is 22.9 Å². The van der Waals surface area contributed by atoms with Crippen LogP contribution in [-0.2, 0) is 16.1 Å². The molecule has 2 aromatic carbocycles. The molecule has 8 heteroatoms. The van der Waals surface area contributed by atoms with Crippen LogP contribution in [0.25, 0.3) is 10.9 Å². The van der Waals surface area contributed by atoms with Crippen LogP contribution in [0.4, 0.5) is 5.69 Å². The van der Waals surface area contributed by atoms with Crippen LogP contribution in [0.15, 0.2) is 54.7 Å². The molecule has 2 atom stereocenters. The Labute approximate surface area is 173 Å². The highest BCUT2D eigenvalue weighted by atomic mass is 16.7. The van der Waals surface area contributed by atoms with E-state index in [4.69, 9.17) is 19.9 Å². The van der Waals surface area contributed by atoms with Gasteiger partial charge in [0.05, 0.1) is 28.7 Å². The standard InChI is InChI=1S/C22H23N3O5/c1-22(2)29-13-19(30-22)21(23)20-16-9-8-15(28-12-14-6-4-3-5-7-14)10-17(16)24-11-18(20)25(26)27/h3-11,19,21H,12-13,23H2,1-2H3. The summed E-state index contributed by atoms with van der Waals surface area (Å²) >= 11 is 0. The second kappa shape index (κ2) is 7.98. The maximum Gasteiger partial charge on any atom is 0.293 e. The van der Waals surface area contributed by atoms with Crippen molar-refractivity contribution in [3.63, 3.8) is 0 Å². The lowest BCUT2D eigenvalue weighted by atomic mass is 9.97. The second-order valence-electron chi connectivity index (χ2n) is 7.66. The van der Waals surface area contributed by atoms with Gasteiger partial charge in [-0.2, -0.15) is 0 Å². The zero-order valence-electron chi connectivity index (χ0n) is 16.8. The first-order valence-corrected chi connectivity index (χ1v) is 9.65. The van der Waals surface area contributed by atoms with Gasteiger partial charge in [-0.15, -0.1) is 0 Å². The molecule has 2 N–H and O–H groups in total. The maximum absolute atomic E-state index is 11.7. The number of hydrogen-bond donors (Lipinski definition) is 1. The van der Waals surface area contributed by atoms with Gasteiger partial charge in [-0.25, -0.2) is 4.98 Å². The number of nitrogens with zero attached hydrogens (tertiary/aromatic N) is 2. The molecule has 0 bridgehead atoms. The summed E-state index contributed by atoms with van der Waals surface area (Å²) in [4.78, 5) is 15.4. The van der Waals surface area contributed by atoms with E-state index in [0.717, 1.165) is 5.56 Å². The fourth-order valence-electron chi connectivity index (χ4n) is 3.59. The summed E-state index contributed by atoms with van der Waals surface area (Å²) in [5.41, 5.74) is 8.28. The molecule has 4 rings (SSSR count). The van der Waals surface area contributed by atoms with Crippen LogP contribution in [0.5, 0.6) is 5.75 Å². The number of nitrogens with two attached hydrogens (primary N) is 1. The van der Waals surface area contributed by atoms with Gasteiger partial charge >= 0.3 is 0 Å². The van der Waals surface area contributed by atoms with Crippen LogP contribution in [-0.4, -0.2) is 28.4 Å². The molecule has 1 fully saturated rings. The van der Waals surface area contributed by atoms with Crippen molar-refractivity contribution >= 4 is 16.6 Å². The molecule has 1 aliphatic rings. The Hall–Kier alpha value is -3.07. The van der Waals surface area contributed by atoms with Crippen LogP contribution in [0.2, 0.25) is 0 Å². The van der Waals surface area contributed by atoms with Crippen molar-refractivity contribution in [3.8, 4) is 5.75 Å². The van der Waals surface area contributed by atoms with E-state index in [1.54, 1.807) is 32.0 Å². The fraction of sp³-hybridized carbons (Fsp3) is 0.318. The molecule has 156 valence electrons. The first-order chi connectivity index (χ1) is 14.3. The first kappa shape index (κ1) is 20.2. The van der Waals surface area contributed by atoms with Gasteiger partial charge in [0.1, 0.15) is 24.7 Å². The highest BCUT2D eigenvalue weighted by Crippen LogP contribution is 2.37. The maximum atomic E-state index is 11.7. The third-order valence-corrected chi connectivity index (χ3v) is 5.07. The molecule has 1 saturated heterocycles. The van der Waals surface area contributed by atoms with Crippen molar-refractivity contribution in [2.24, 2.45) is 5.73 Å². The topological polar surface area (TPSA) is 110 Å². The number of benzene rings is 2. The molecule has 0 saturated carbocycles. The summed E-state index contributed by atoms with van der Waals surface area (Å²) in [5, 5.41) is 12.2. The number of aromatic nitrogens is 1. The molecule has 30 heavy (non-hydrogen) atoms. The van der Waals surface area contributed by atoms with Gasteiger partial charge in [0, 0.05) is 11.5 Å². The SMILES string of the molecule is CC1(C)OCC(C(N)c2c([N+](=O)[O-])cnc3cc(OCc4ccccc4)ccc23)O1. The van der Waals surface area contributed by atoms with E-state index in [-0.39, 0.29) is 12.3 Å². The van der Waals surface area contributed by atoms with Crippen LogP contribution >= 0.6 is 0 Å². The summed E-state index contributed by atoms with van der Waals surface area (Å²) in [5.74, 6) is -0.160. The zero-order valence-corrected chi connectivity index (χ0v) is 16.8. The van der Waals surface area contributed by atoms with Gasteiger partial charge in [-0.1, -0.05) is 30.3 Å². The molecule has 0 radical (unpaired) electrons. The Morgan fingerprint density at radius 1 is 1.30 bits per heavy atom. The molecule has 3 aromatic rings. The highest BCUT2D eigenvalue weighted by Gasteiger charge is 2.39. The van der Waals surface area contributed by atoms with Crippen LogP contribution in [0.3, 0.4) is 0 Å². The van der Waals surface area contributed by atoms with E-state index in [9.17, 15) is 10.1 Å². The van der Waals surface area contributed by atoms with Gasteiger partial charge < -0.3 is 19.9 Å². The third-order valence-electron chi connectivity index (χ3n) is 5.07. The van der Waals surface area contributed by atoms with Gasteiger partial charge in [0.2, 0.25) is 0 Å². The minimum absolute atomic E-state index is 0.138. The molecular weight excluding hydrogens is 386 g/mol. The van der Waals surface area contributed by atoms with Crippen molar-refractivity contribution in [1.82, 2.24) is 4.98 Å². The molecule has 1 aromatic heterocycles. The molecule has 2 unspecified atom stereocenters. The Morgan fingerprint density at radius 3 is 2.73 bits per heavy atom. The number of pyridine rings is 1. The van der Waals surface area contributed by atoms with Crippen LogP contribution in [0.1, 0.15) is 31.0 Å². The minimum Gasteiger partial charge on any atom is -0.489 e. The molecule has 0 aliphatic carbocycles. The number of ether oxygens (including phenoxy) is 3. The quantitative estimate of drug-likeness (QED) is 0.486. The van der Waals surface area contributed by atoms with Crippen molar-refractivity contribution in [3.05, 3.63) is 76.0 Å². The van der Waals surface area contributed by atoms with E-state index in [1.165, 1.54) is 6.20 Å². The number of hydrogen-bond acceptors (Lipinski definition) is 7. The van der Waals surface area contributed by atoms with E-state index >= 15 is 0 Å². The summed E-state index contributed by atoms with van der Waals surface area (Å²) in [6.45, 7) is 4.24. The Morgan fingerprint density at radius 2 is 2.07 bits per heavy atom. The van der Waals surface area contributed by atoms with Gasteiger partial charge in [0.15, 0.2) is 5.79 Å². The fourth-order valence-corrected chi connectivity index (χ4v) is 3.59. The first-order valence-electron chi connectivity index (χ1n) is 9.65. The van der Waals surface area contributed by atoms with Gasteiger partial charge in [-0.05, 0) is 31.5 Å². The second-order valence-corrected chi connectivity index (χ2v) is 7.66. The Kier molecular flexibility index (Phi) is 5.38. The average Bonchev–Trinajstić information content (AvgIpc) is 3.11. The van der Waals surface area contributed by atoms with Gasteiger partial charge in [0.25, 0.3) is 5.69 Å². The normalized spacial score (nSPS) is 19.0. The molecule has 1 aliphatic heterocycles. The lowest BCUT2D eigenvalue weighted by Gasteiger charge is -2.22. The summed E-state index contributed by atoms with van der Waals surface area (Å²) < 4.78 is 17.3. The summed E-state index contributed by atoms with van der Waals surface area (Å²) in [6, 6.07) is 14.3. The minimum atomic E-state index is -0.779. The van der Waals surface area contributed by atoms with E-state index in [2.05, 4.69) is 4.98 Å². The number of rotatable bonds is 6. The predicted molar refractivity (Wildman–Crippen MR) is 111 cm³/mol. The zero-order chi connectivity index (χ0) is 21.3. The predicted octanol–water partition coefficient (Wildman–Crippen LogP) is 3.87. The van der Waals surface area contributed by atoms with Crippen molar-refractivity contribution in [2.75, 3.05) is 6.61 Å². The summed E-state index contributed by atoms with van der Waals surface area (Å²) in [7, 11) is 0. The largest absolute Gasteiger partial charge is 0.489 e. The van der Waals surface area contributed by atoms with E-state index in [1.807, 2.05) is 30.3 Å². The molecule has 0 spiro atoms. The lowest BCUT2D eigenvalue weighted by Crippen LogP contribution is -2.31. The third kappa shape index (κ3) is 4.11. The molecular formula is C22H23N3O5. The molecule has 0 amide bonds. The highest BCUT2D eigenvalue weighted by molar-refractivity contribution is 5.87. The monoisotopic (exact) mass is 409 g/mol. The van der Waals surface area contributed by atoms with Crippen molar-refractivity contribution in [1.29, 1.82) is 0 Å². The molecule has 2 heterocycles. The average molecular weight is 409 g/mol. The van der Waals surface area contributed by atoms with Crippen molar-refractivity contribution in [2.45, 2.75) is 38.4 Å². The van der Waals surface area contributed by atoms with Crippen molar-refractivity contribution < 1.29 is 19.1 Å². The van der Waals surface area contributed by atoms with Crippen LogP contribution in [0, 0.1) is 10.1 Å². The van der Waals surface area contributed by atoms with Crippen LogP contribution < -0.4 is 10.5 Å². The Balaban J connectivity index is 1.67. The lowest BCUT2D eigenvalue weighted by molar-refractivity contribution is -0.386. The van der Waals surface area contributed by atoms with Gasteiger partial charge in [-0.3, -0.25) is 10.1 Å². The summed E-state index contributed by atoms with van der Waals surface area (Å²) in [6.07, 6.45) is 0.734. The smallest absolute Gasteiger partial charge is 0.293 e. The van der Waals surface area contributed by atoms with E-state index in [0.29, 0.717) is 28.8 Å². The number of fused-ring (bicyclic) bond motifs is 1. The Bertz CT molecular complexity index is 1070. The molecule has 8 nitrogen and oxygen atoms in total. The number of nitro groups is 1.